The highest BCUT2D eigenvalue weighted by molar-refractivity contribution is 5.86. The first-order valence-corrected chi connectivity index (χ1v) is 7.36. The van der Waals surface area contributed by atoms with Gasteiger partial charge < -0.3 is 16.4 Å². The fraction of sp³-hybridized carbons (Fsp3) is 0.857. The fourth-order valence-electron chi connectivity index (χ4n) is 2.83. The molecule has 2 atom stereocenters. The largest absolute Gasteiger partial charge is 0.354 e. The molecular formula is C14H25N3O2. The van der Waals surface area contributed by atoms with Crippen LogP contribution in [0, 0.1) is 11.8 Å². The molecule has 0 aromatic carbocycles. The molecule has 2 rings (SSSR count). The Balaban J connectivity index is 1.66. The number of amides is 2. The van der Waals surface area contributed by atoms with Crippen molar-refractivity contribution >= 4 is 11.8 Å². The van der Waals surface area contributed by atoms with E-state index in [-0.39, 0.29) is 17.7 Å². The molecule has 2 unspecified atom stereocenters. The summed E-state index contributed by atoms with van der Waals surface area (Å²) in [6, 6.07) is 0. The Bertz CT molecular complexity index is 355. The Hall–Kier alpha value is -1.10. The molecule has 19 heavy (non-hydrogen) atoms. The van der Waals surface area contributed by atoms with E-state index in [0.29, 0.717) is 19.0 Å². The minimum absolute atomic E-state index is 0.0697. The van der Waals surface area contributed by atoms with Crippen LogP contribution in [0.5, 0.6) is 0 Å². The first-order valence-electron chi connectivity index (χ1n) is 7.36. The van der Waals surface area contributed by atoms with Gasteiger partial charge in [0.2, 0.25) is 11.8 Å². The van der Waals surface area contributed by atoms with E-state index in [4.69, 9.17) is 5.73 Å². The van der Waals surface area contributed by atoms with Crippen LogP contribution in [0.25, 0.3) is 0 Å². The summed E-state index contributed by atoms with van der Waals surface area (Å²) in [7, 11) is 0. The normalized spacial score (nSPS) is 30.7. The third-order valence-electron chi connectivity index (χ3n) is 4.14. The van der Waals surface area contributed by atoms with Crippen LogP contribution in [0.15, 0.2) is 0 Å². The summed E-state index contributed by atoms with van der Waals surface area (Å²) in [5.74, 6) is 0.775. The molecule has 4 N–H and O–H groups in total. The summed E-state index contributed by atoms with van der Waals surface area (Å²) < 4.78 is 0. The van der Waals surface area contributed by atoms with Crippen molar-refractivity contribution < 1.29 is 9.59 Å². The van der Waals surface area contributed by atoms with Crippen LogP contribution in [0.3, 0.4) is 0 Å². The van der Waals surface area contributed by atoms with Gasteiger partial charge >= 0.3 is 0 Å². The van der Waals surface area contributed by atoms with Crippen LogP contribution in [0.2, 0.25) is 0 Å². The average molecular weight is 267 g/mol. The highest BCUT2D eigenvalue weighted by atomic mass is 16.2. The van der Waals surface area contributed by atoms with Crippen LogP contribution in [0.4, 0.5) is 0 Å². The topological polar surface area (TPSA) is 84.2 Å². The molecule has 0 saturated heterocycles. The van der Waals surface area contributed by atoms with Gasteiger partial charge in [-0.15, -0.1) is 0 Å². The van der Waals surface area contributed by atoms with E-state index in [0.717, 1.165) is 38.5 Å². The lowest BCUT2D eigenvalue weighted by Crippen LogP contribution is -2.57. The lowest BCUT2D eigenvalue weighted by molar-refractivity contribution is -0.128. The van der Waals surface area contributed by atoms with Gasteiger partial charge in [0, 0.05) is 19.0 Å². The third kappa shape index (κ3) is 3.93. The van der Waals surface area contributed by atoms with Crippen molar-refractivity contribution in [2.45, 2.75) is 51.0 Å². The van der Waals surface area contributed by atoms with Gasteiger partial charge in [-0.25, -0.2) is 0 Å². The monoisotopic (exact) mass is 267 g/mol. The predicted molar refractivity (Wildman–Crippen MR) is 73.3 cm³/mol. The Kier molecular flexibility index (Phi) is 4.45. The van der Waals surface area contributed by atoms with E-state index < -0.39 is 5.54 Å². The second-order valence-electron chi connectivity index (χ2n) is 6.18. The maximum absolute atomic E-state index is 12.1. The van der Waals surface area contributed by atoms with Crippen LogP contribution >= 0.6 is 0 Å². The minimum atomic E-state index is -0.710. The van der Waals surface area contributed by atoms with Gasteiger partial charge in [0.05, 0.1) is 5.54 Å². The molecule has 5 heteroatoms. The van der Waals surface area contributed by atoms with E-state index >= 15 is 0 Å². The predicted octanol–water partition coefficient (Wildman–Crippen LogP) is 0.536. The Morgan fingerprint density at radius 2 is 1.89 bits per heavy atom. The van der Waals surface area contributed by atoms with E-state index in [2.05, 4.69) is 17.6 Å². The van der Waals surface area contributed by atoms with Crippen LogP contribution < -0.4 is 16.4 Å². The molecule has 108 valence electrons. The molecule has 0 heterocycles. The molecule has 0 radical (unpaired) electrons. The van der Waals surface area contributed by atoms with Crippen molar-refractivity contribution in [2.75, 3.05) is 13.1 Å². The molecule has 0 bridgehead atoms. The lowest BCUT2D eigenvalue weighted by Gasteiger charge is -2.35. The number of nitrogens with two attached hydrogens (primary N) is 1. The second-order valence-corrected chi connectivity index (χ2v) is 6.18. The zero-order chi connectivity index (χ0) is 13.9. The summed E-state index contributed by atoms with van der Waals surface area (Å²) in [6.07, 6.45) is 5.70. The number of carbonyl (C=O) groups is 2. The maximum Gasteiger partial charge on any atom is 0.240 e. The molecule has 2 aliphatic rings. The van der Waals surface area contributed by atoms with Gasteiger partial charge in [-0.05, 0) is 31.6 Å². The zero-order valence-electron chi connectivity index (χ0n) is 11.7. The summed E-state index contributed by atoms with van der Waals surface area (Å²) in [4.78, 5) is 23.5. The zero-order valence-corrected chi connectivity index (χ0v) is 11.7. The van der Waals surface area contributed by atoms with Gasteiger partial charge in [-0.2, -0.15) is 0 Å². The standard InChI is InChI=1S/C14H25N3O2/c1-10-3-2-6-14(15,9-10)13(19)17-8-7-16-12(18)11-4-5-11/h10-11H,2-9,15H2,1H3,(H,16,18)(H,17,19). The van der Waals surface area contributed by atoms with Gasteiger partial charge in [0.1, 0.15) is 0 Å². The SMILES string of the molecule is CC1CCCC(N)(C(=O)NCCNC(=O)C2CC2)C1. The number of carbonyl (C=O) groups excluding carboxylic acids is 2. The van der Waals surface area contributed by atoms with Crippen molar-refractivity contribution in [2.24, 2.45) is 17.6 Å². The van der Waals surface area contributed by atoms with Crippen molar-refractivity contribution in [3.63, 3.8) is 0 Å². The van der Waals surface area contributed by atoms with Gasteiger partial charge in [0.25, 0.3) is 0 Å². The highest BCUT2D eigenvalue weighted by Crippen LogP contribution is 2.30. The van der Waals surface area contributed by atoms with E-state index in [1.54, 1.807) is 0 Å². The number of rotatable bonds is 5. The van der Waals surface area contributed by atoms with Crippen molar-refractivity contribution in [3.05, 3.63) is 0 Å². The van der Waals surface area contributed by atoms with Crippen LogP contribution in [-0.2, 0) is 9.59 Å². The van der Waals surface area contributed by atoms with Gasteiger partial charge in [-0.3, -0.25) is 9.59 Å². The first kappa shape index (κ1) is 14.3. The van der Waals surface area contributed by atoms with Crippen LogP contribution in [0.1, 0.15) is 45.4 Å². The number of hydrogen-bond acceptors (Lipinski definition) is 3. The van der Waals surface area contributed by atoms with Crippen LogP contribution in [-0.4, -0.2) is 30.4 Å². The summed E-state index contributed by atoms with van der Waals surface area (Å²) in [5.41, 5.74) is 5.48. The number of nitrogens with one attached hydrogen (secondary N) is 2. The molecule has 0 spiro atoms. The fourth-order valence-corrected chi connectivity index (χ4v) is 2.83. The summed E-state index contributed by atoms with van der Waals surface area (Å²) in [6.45, 7) is 3.10. The molecule has 2 saturated carbocycles. The first-order chi connectivity index (χ1) is 9.01. The molecule has 5 nitrogen and oxygen atoms in total. The summed E-state index contributed by atoms with van der Waals surface area (Å²) >= 11 is 0. The smallest absolute Gasteiger partial charge is 0.240 e. The lowest BCUT2D eigenvalue weighted by atomic mass is 9.76. The second kappa shape index (κ2) is 5.90. The van der Waals surface area contributed by atoms with Gasteiger partial charge in [-0.1, -0.05) is 19.8 Å². The summed E-state index contributed by atoms with van der Waals surface area (Å²) in [5, 5.41) is 5.68. The van der Waals surface area contributed by atoms with E-state index in [1.807, 2.05) is 0 Å². The molecule has 2 amide bonds. The average Bonchev–Trinajstić information content (AvgIpc) is 3.17. The maximum atomic E-state index is 12.1. The quantitative estimate of drug-likeness (QED) is 0.636. The Labute approximate surface area is 114 Å². The molecule has 0 aliphatic heterocycles. The molecule has 0 aromatic heterocycles. The molecule has 0 aromatic rings. The number of hydrogen-bond donors (Lipinski definition) is 3. The Morgan fingerprint density at radius 3 is 2.53 bits per heavy atom. The van der Waals surface area contributed by atoms with Crippen molar-refractivity contribution in [3.8, 4) is 0 Å². The van der Waals surface area contributed by atoms with Gasteiger partial charge in [0.15, 0.2) is 0 Å². The third-order valence-corrected chi connectivity index (χ3v) is 4.14. The minimum Gasteiger partial charge on any atom is -0.354 e. The van der Waals surface area contributed by atoms with Crippen molar-refractivity contribution in [1.29, 1.82) is 0 Å². The van der Waals surface area contributed by atoms with E-state index in [9.17, 15) is 9.59 Å². The molecule has 2 fully saturated rings. The molecular weight excluding hydrogens is 242 g/mol. The Morgan fingerprint density at radius 1 is 1.21 bits per heavy atom. The molecule has 2 aliphatic carbocycles. The van der Waals surface area contributed by atoms with Crippen molar-refractivity contribution in [1.82, 2.24) is 10.6 Å². The van der Waals surface area contributed by atoms with E-state index in [1.165, 1.54) is 0 Å². The highest BCUT2D eigenvalue weighted by Gasteiger charge is 2.37.